The zero-order valence-corrected chi connectivity index (χ0v) is 10.7. The molecule has 2 amide bonds. The lowest BCUT2D eigenvalue weighted by Crippen LogP contribution is -2.23. The van der Waals surface area contributed by atoms with Crippen molar-refractivity contribution in [1.82, 2.24) is 10.3 Å². The second kappa shape index (κ2) is 5.97. The minimum Gasteiger partial charge on any atom is -0.314 e. The van der Waals surface area contributed by atoms with Crippen molar-refractivity contribution in [3.63, 3.8) is 0 Å². The summed E-state index contributed by atoms with van der Waals surface area (Å²) in [4.78, 5) is 15.4. The molecule has 1 aromatic heterocycles. The first-order valence-corrected chi connectivity index (χ1v) is 6.32. The van der Waals surface area contributed by atoms with Gasteiger partial charge in [-0.05, 0) is 18.6 Å². The van der Waals surface area contributed by atoms with Crippen molar-refractivity contribution in [3.05, 3.63) is 53.2 Å². The molecule has 0 bridgehead atoms. The van der Waals surface area contributed by atoms with Crippen molar-refractivity contribution in [2.75, 3.05) is 5.32 Å². The Kier molecular flexibility index (Phi) is 4.09. The van der Waals surface area contributed by atoms with E-state index in [1.54, 1.807) is 17.8 Å². The Balaban J connectivity index is 1.86. The Hall–Kier alpha value is -2.14. The van der Waals surface area contributed by atoms with Crippen LogP contribution in [0.3, 0.4) is 0 Å². The molecule has 0 aliphatic carbocycles. The molecule has 0 fully saturated rings. The smallest absolute Gasteiger partial charge is 0.314 e. The maximum Gasteiger partial charge on any atom is 0.325 e. The molecular formula is C13H13N3OS. The number of aromatic nitrogens is 1. The summed E-state index contributed by atoms with van der Waals surface area (Å²) < 4.78 is 0. The highest BCUT2D eigenvalue weighted by molar-refractivity contribution is 7.13. The quantitative estimate of drug-likeness (QED) is 0.889. The van der Waals surface area contributed by atoms with Gasteiger partial charge in [-0.25, -0.2) is 9.78 Å². The molecule has 4 nitrogen and oxygen atoms in total. The second-order valence-corrected chi connectivity index (χ2v) is 4.58. The molecule has 0 aliphatic rings. The third-order valence-electron chi connectivity index (χ3n) is 2.19. The van der Waals surface area contributed by atoms with Gasteiger partial charge in [0, 0.05) is 17.8 Å². The predicted molar refractivity (Wildman–Crippen MR) is 74.5 cm³/mol. The number of amides is 2. The molecule has 0 aliphatic heterocycles. The van der Waals surface area contributed by atoms with Gasteiger partial charge in [0.05, 0.1) is 0 Å². The average molecular weight is 259 g/mol. The fourth-order valence-electron chi connectivity index (χ4n) is 1.41. The Morgan fingerprint density at radius 1 is 1.44 bits per heavy atom. The molecule has 92 valence electrons. The van der Waals surface area contributed by atoms with Gasteiger partial charge >= 0.3 is 6.03 Å². The summed E-state index contributed by atoms with van der Waals surface area (Å²) in [5, 5.41) is 7.63. The van der Waals surface area contributed by atoms with E-state index in [1.807, 2.05) is 37.3 Å². The van der Waals surface area contributed by atoms with Gasteiger partial charge in [0.2, 0.25) is 0 Å². The van der Waals surface area contributed by atoms with E-state index in [4.69, 9.17) is 0 Å². The van der Waals surface area contributed by atoms with Crippen molar-refractivity contribution in [2.45, 2.75) is 6.92 Å². The highest BCUT2D eigenvalue weighted by Gasteiger charge is 1.99. The van der Waals surface area contributed by atoms with Crippen molar-refractivity contribution in [1.29, 1.82) is 0 Å². The number of aryl methyl sites for hydroxylation is 1. The number of anilines is 1. The number of urea groups is 1. The number of thiazole rings is 1. The fourth-order valence-corrected chi connectivity index (χ4v) is 1.93. The summed E-state index contributed by atoms with van der Waals surface area (Å²) in [6.07, 6.45) is 5.09. The third kappa shape index (κ3) is 3.71. The van der Waals surface area contributed by atoms with Crippen LogP contribution in [-0.4, -0.2) is 11.0 Å². The van der Waals surface area contributed by atoms with Crippen LogP contribution in [0.5, 0.6) is 0 Å². The Morgan fingerprint density at radius 3 is 3.06 bits per heavy atom. The van der Waals surface area contributed by atoms with Gasteiger partial charge in [-0.15, -0.1) is 11.3 Å². The van der Waals surface area contributed by atoms with Gasteiger partial charge in [-0.1, -0.05) is 29.8 Å². The number of rotatable bonds is 3. The Labute approximate surface area is 109 Å². The molecule has 0 spiro atoms. The third-order valence-corrected chi connectivity index (χ3v) is 2.87. The van der Waals surface area contributed by atoms with Crippen molar-refractivity contribution in [3.8, 4) is 0 Å². The van der Waals surface area contributed by atoms with Gasteiger partial charge in [-0.2, -0.15) is 0 Å². The van der Waals surface area contributed by atoms with Gasteiger partial charge < -0.3 is 5.32 Å². The number of nitrogens with zero attached hydrogens (tertiary/aromatic N) is 1. The normalized spacial score (nSPS) is 10.5. The number of carbonyl (C=O) groups is 1. The first kappa shape index (κ1) is 12.3. The predicted octanol–water partition coefficient (Wildman–Crippen LogP) is 3.24. The first-order chi connectivity index (χ1) is 8.74. The summed E-state index contributed by atoms with van der Waals surface area (Å²) in [6.45, 7) is 2.03. The van der Waals surface area contributed by atoms with Gasteiger partial charge in [0.25, 0.3) is 0 Å². The number of nitrogens with one attached hydrogen (secondary N) is 2. The van der Waals surface area contributed by atoms with E-state index in [1.165, 1.54) is 16.9 Å². The lowest BCUT2D eigenvalue weighted by molar-refractivity contribution is 0.255. The van der Waals surface area contributed by atoms with Crippen molar-refractivity contribution in [2.24, 2.45) is 0 Å². The standard InChI is InChI=1S/C13H13N3OS/c1-10-3-2-4-11(9-10)5-6-14-12(17)16-13-15-7-8-18-13/h2-9H,1H3,(H2,14,15,16,17)/b6-5+. The van der Waals surface area contributed by atoms with Crippen molar-refractivity contribution >= 4 is 28.6 Å². The molecule has 2 aromatic rings. The topological polar surface area (TPSA) is 54.0 Å². The van der Waals surface area contributed by atoms with Crippen LogP contribution in [0.1, 0.15) is 11.1 Å². The summed E-state index contributed by atoms with van der Waals surface area (Å²) in [7, 11) is 0. The average Bonchev–Trinajstić information content (AvgIpc) is 2.82. The van der Waals surface area contributed by atoms with Crippen LogP contribution < -0.4 is 10.6 Å². The van der Waals surface area contributed by atoms with E-state index < -0.39 is 0 Å². The minimum atomic E-state index is -0.297. The highest BCUT2D eigenvalue weighted by Crippen LogP contribution is 2.09. The zero-order valence-electron chi connectivity index (χ0n) is 9.88. The van der Waals surface area contributed by atoms with E-state index in [0.29, 0.717) is 5.13 Å². The SMILES string of the molecule is Cc1cccc(/C=C/NC(=O)Nc2nccs2)c1. The molecule has 1 heterocycles. The molecule has 0 saturated heterocycles. The molecule has 1 aromatic carbocycles. The van der Waals surface area contributed by atoms with Crippen LogP contribution in [0.15, 0.2) is 42.0 Å². The molecule has 0 unspecified atom stereocenters. The fraction of sp³-hybridized carbons (Fsp3) is 0.0769. The van der Waals surface area contributed by atoms with Gasteiger partial charge in [-0.3, -0.25) is 5.32 Å². The van der Waals surface area contributed by atoms with Crippen LogP contribution >= 0.6 is 11.3 Å². The summed E-state index contributed by atoms with van der Waals surface area (Å²) in [5.74, 6) is 0. The zero-order chi connectivity index (χ0) is 12.8. The van der Waals surface area contributed by atoms with Gasteiger partial charge in [0.1, 0.15) is 0 Å². The number of hydrogen-bond acceptors (Lipinski definition) is 3. The molecule has 5 heteroatoms. The van der Waals surface area contributed by atoms with Crippen LogP contribution in [0.25, 0.3) is 6.08 Å². The number of benzene rings is 1. The molecule has 0 saturated carbocycles. The maximum atomic E-state index is 11.5. The molecule has 0 radical (unpaired) electrons. The van der Waals surface area contributed by atoms with E-state index in [0.717, 1.165) is 5.56 Å². The summed E-state index contributed by atoms with van der Waals surface area (Å²) in [6, 6.07) is 7.72. The van der Waals surface area contributed by atoms with Crippen LogP contribution in [0, 0.1) is 6.92 Å². The summed E-state index contributed by atoms with van der Waals surface area (Å²) >= 11 is 1.38. The Bertz CT molecular complexity index is 549. The van der Waals surface area contributed by atoms with E-state index in [2.05, 4.69) is 15.6 Å². The molecule has 0 atom stereocenters. The molecule has 2 N–H and O–H groups in total. The second-order valence-electron chi connectivity index (χ2n) is 3.68. The molecule has 18 heavy (non-hydrogen) atoms. The van der Waals surface area contributed by atoms with E-state index >= 15 is 0 Å². The van der Waals surface area contributed by atoms with Gasteiger partial charge in [0.15, 0.2) is 5.13 Å². The Morgan fingerprint density at radius 2 is 2.33 bits per heavy atom. The van der Waals surface area contributed by atoms with E-state index in [-0.39, 0.29) is 6.03 Å². The number of carbonyl (C=O) groups excluding carboxylic acids is 1. The summed E-state index contributed by atoms with van der Waals surface area (Å²) in [5.41, 5.74) is 2.23. The lowest BCUT2D eigenvalue weighted by atomic mass is 10.1. The first-order valence-electron chi connectivity index (χ1n) is 5.44. The molecule has 2 rings (SSSR count). The van der Waals surface area contributed by atoms with Crippen molar-refractivity contribution < 1.29 is 4.79 Å². The highest BCUT2D eigenvalue weighted by atomic mass is 32.1. The van der Waals surface area contributed by atoms with Crippen LogP contribution in [0.4, 0.5) is 9.93 Å². The largest absolute Gasteiger partial charge is 0.325 e. The lowest BCUT2D eigenvalue weighted by Gasteiger charge is -2.00. The monoisotopic (exact) mass is 259 g/mol. The van der Waals surface area contributed by atoms with Crippen LogP contribution in [-0.2, 0) is 0 Å². The minimum absolute atomic E-state index is 0.297. The molecular weight excluding hydrogens is 246 g/mol. The van der Waals surface area contributed by atoms with Crippen LogP contribution in [0.2, 0.25) is 0 Å². The maximum absolute atomic E-state index is 11.5. The number of hydrogen-bond donors (Lipinski definition) is 2. The van der Waals surface area contributed by atoms with E-state index in [9.17, 15) is 4.79 Å².